The molecule has 0 fully saturated rings. The standard InChI is InChI=1S/C22H12Cl2FN3O3/c23-16-7-12(30-17-3-1-2-11-6-13(8-25)31-20(11)17)4-5-14(16)19(29)15-9-26-22-18(15)21(24)27-10-28-22/h1-7,9-10H,8H2,(H,26,27,28). The fourth-order valence-corrected chi connectivity index (χ4v) is 3.85. The van der Waals surface area contributed by atoms with E-state index in [0.717, 1.165) is 5.39 Å². The molecule has 0 aliphatic rings. The van der Waals surface area contributed by atoms with E-state index in [4.69, 9.17) is 32.4 Å². The van der Waals surface area contributed by atoms with Gasteiger partial charge >= 0.3 is 0 Å². The van der Waals surface area contributed by atoms with Gasteiger partial charge in [-0.15, -0.1) is 0 Å². The van der Waals surface area contributed by atoms with E-state index in [0.29, 0.717) is 33.7 Å². The van der Waals surface area contributed by atoms with E-state index < -0.39 is 6.67 Å². The highest BCUT2D eigenvalue weighted by atomic mass is 35.5. The number of rotatable bonds is 5. The predicted octanol–water partition coefficient (Wildman–Crippen LogP) is 6.50. The summed E-state index contributed by atoms with van der Waals surface area (Å²) >= 11 is 12.5. The molecule has 154 valence electrons. The van der Waals surface area contributed by atoms with Crippen LogP contribution in [0.25, 0.3) is 22.0 Å². The minimum atomic E-state index is -0.709. The lowest BCUT2D eigenvalue weighted by atomic mass is 10.0. The number of halogens is 3. The second-order valence-corrected chi connectivity index (χ2v) is 7.45. The van der Waals surface area contributed by atoms with Crippen molar-refractivity contribution in [3.8, 4) is 11.5 Å². The van der Waals surface area contributed by atoms with Gasteiger partial charge in [0, 0.05) is 23.2 Å². The summed E-state index contributed by atoms with van der Waals surface area (Å²) in [6.07, 6.45) is 2.83. The van der Waals surface area contributed by atoms with Gasteiger partial charge in [0.05, 0.1) is 16.0 Å². The number of H-pyrrole nitrogens is 1. The number of para-hydroxylation sites is 1. The van der Waals surface area contributed by atoms with Gasteiger partial charge in [-0.05, 0) is 24.3 Å². The van der Waals surface area contributed by atoms with Crippen molar-refractivity contribution >= 4 is 51.0 Å². The van der Waals surface area contributed by atoms with Crippen molar-refractivity contribution in [2.75, 3.05) is 0 Å². The molecule has 1 N–H and O–H groups in total. The van der Waals surface area contributed by atoms with Crippen LogP contribution in [0, 0.1) is 0 Å². The van der Waals surface area contributed by atoms with Crippen molar-refractivity contribution < 1.29 is 18.3 Å². The summed E-state index contributed by atoms with van der Waals surface area (Å²) in [5, 5.41) is 1.52. The van der Waals surface area contributed by atoms with E-state index in [9.17, 15) is 9.18 Å². The van der Waals surface area contributed by atoms with Crippen LogP contribution >= 0.6 is 23.2 Å². The monoisotopic (exact) mass is 455 g/mol. The number of aromatic amines is 1. The molecule has 3 aromatic heterocycles. The number of fused-ring (bicyclic) bond motifs is 2. The zero-order valence-corrected chi connectivity index (χ0v) is 17.2. The molecule has 0 bridgehead atoms. The fraction of sp³-hybridized carbons (Fsp3) is 0.0455. The van der Waals surface area contributed by atoms with Crippen LogP contribution in [0.3, 0.4) is 0 Å². The van der Waals surface area contributed by atoms with E-state index in [-0.39, 0.29) is 27.3 Å². The SMILES string of the molecule is O=C(c1ccc(Oc2cccc3cc(CF)oc23)cc1Cl)c1c[nH]c2ncnc(Cl)c12. The number of furan rings is 1. The number of ether oxygens (including phenoxy) is 1. The summed E-state index contributed by atoms with van der Waals surface area (Å²) in [4.78, 5) is 24.0. The van der Waals surface area contributed by atoms with Crippen LogP contribution in [0.5, 0.6) is 11.5 Å². The summed E-state index contributed by atoms with van der Waals surface area (Å²) in [7, 11) is 0. The lowest BCUT2D eigenvalue weighted by Gasteiger charge is -2.09. The minimum absolute atomic E-state index is 0.171. The average molecular weight is 456 g/mol. The molecule has 5 aromatic rings. The van der Waals surface area contributed by atoms with Gasteiger partial charge in [0.2, 0.25) is 0 Å². The molecule has 0 saturated heterocycles. The van der Waals surface area contributed by atoms with Crippen molar-refractivity contribution in [3.05, 3.63) is 82.1 Å². The van der Waals surface area contributed by atoms with Crippen molar-refractivity contribution in [2.24, 2.45) is 0 Å². The first-order valence-corrected chi connectivity index (χ1v) is 9.88. The number of hydrogen-bond donors (Lipinski definition) is 1. The number of carbonyl (C=O) groups is 1. The Balaban J connectivity index is 1.48. The van der Waals surface area contributed by atoms with Crippen LogP contribution in [0.2, 0.25) is 10.2 Å². The van der Waals surface area contributed by atoms with Gasteiger partial charge in [-0.2, -0.15) is 0 Å². The predicted molar refractivity (Wildman–Crippen MR) is 115 cm³/mol. The average Bonchev–Trinajstić information content (AvgIpc) is 3.39. The van der Waals surface area contributed by atoms with E-state index in [2.05, 4.69) is 15.0 Å². The van der Waals surface area contributed by atoms with E-state index in [1.54, 1.807) is 36.4 Å². The van der Waals surface area contributed by atoms with Crippen LogP contribution in [0.1, 0.15) is 21.7 Å². The van der Waals surface area contributed by atoms with E-state index in [1.165, 1.54) is 18.6 Å². The van der Waals surface area contributed by atoms with Gasteiger partial charge in [-0.1, -0.05) is 35.3 Å². The molecule has 0 radical (unpaired) electrons. The number of carbonyl (C=O) groups excluding carboxylic acids is 1. The van der Waals surface area contributed by atoms with Crippen LogP contribution < -0.4 is 4.74 Å². The number of aromatic nitrogens is 3. The Bertz CT molecular complexity index is 1460. The molecule has 6 nitrogen and oxygen atoms in total. The molecule has 3 heterocycles. The highest BCUT2D eigenvalue weighted by Crippen LogP contribution is 2.35. The Kier molecular flexibility index (Phi) is 4.84. The third-order valence-electron chi connectivity index (χ3n) is 4.77. The summed E-state index contributed by atoms with van der Waals surface area (Å²) < 4.78 is 24.3. The number of nitrogens with one attached hydrogen (secondary N) is 1. The number of hydrogen-bond acceptors (Lipinski definition) is 5. The molecule has 9 heteroatoms. The Morgan fingerprint density at radius 2 is 2.00 bits per heavy atom. The second-order valence-electron chi connectivity index (χ2n) is 6.68. The first-order chi connectivity index (χ1) is 15.0. The first-order valence-electron chi connectivity index (χ1n) is 9.12. The maximum atomic E-state index is 13.1. The zero-order chi connectivity index (χ0) is 21.5. The molecule has 0 atom stereocenters. The molecule has 0 spiro atoms. The number of alkyl halides is 1. The molecule has 0 amide bonds. The summed E-state index contributed by atoms with van der Waals surface area (Å²) in [5.74, 6) is 0.687. The summed E-state index contributed by atoms with van der Waals surface area (Å²) in [5.41, 5.74) is 1.47. The van der Waals surface area contributed by atoms with Crippen LogP contribution in [0.4, 0.5) is 4.39 Å². The molecule has 5 rings (SSSR count). The van der Waals surface area contributed by atoms with E-state index >= 15 is 0 Å². The zero-order valence-electron chi connectivity index (χ0n) is 15.7. The Hall–Kier alpha value is -3.42. The molecule has 0 aliphatic heterocycles. The fourth-order valence-electron chi connectivity index (χ4n) is 3.36. The molecule has 0 unspecified atom stereocenters. The van der Waals surface area contributed by atoms with Gasteiger partial charge in [0.15, 0.2) is 17.1 Å². The molecular formula is C22H12Cl2FN3O3. The maximum absolute atomic E-state index is 13.1. The lowest BCUT2D eigenvalue weighted by Crippen LogP contribution is -2.02. The first kappa shape index (κ1) is 19.5. The summed E-state index contributed by atoms with van der Waals surface area (Å²) in [6, 6.07) is 11.6. The van der Waals surface area contributed by atoms with Gasteiger partial charge in [-0.3, -0.25) is 4.79 Å². The van der Waals surface area contributed by atoms with Crippen molar-refractivity contribution in [2.45, 2.75) is 6.67 Å². The summed E-state index contributed by atoms with van der Waals surface area (Å²) in [6.45, 7) is -0.709. The molecule has 31 heavy (non-hydrogen) atoms. The Labute approximate surface area is 184 Å². The number of ketones is 1. The van der Waals surface area contributed by atoms with Crippen molar-refractivity contribution in [3.63, 3.8) is 0 Å². The topological polar surface area (TPSA) is 81.0 Å². The third kappa shape index (κ3) is 3.41. The maximum Gasteiger partial charge on any atom is 0.196 e. The number of nitrogens with zero attached hydrogens (tertiary/aromatic N) is 2. The quantitative estimate of drug-likeness (QED) is 0.241. The Morgan fingerprint density at radius 3 is 2.81 bits per heavy atom. The number of benzene rings is 2. The molecule has 0 saturated carbocycles. The molecule has 0 aliphatic carbocycles. The van der Waals surface area contributed by atoms with Gasteiger partial charge in [0.25, 0.3) is 0 Å². The highest BCUT2D eigenvalue weighted by Gasteiger charge is 2.20. The van der Waals surface area contributed by atoms with Crippen LogP contribution in [-0.2, 0) is 6.67 Å². The third-order valence-corrected chi connectivity index (χ3v) is 5.37. The van der Waals surface area contributed by atoms with Gasteiger partial charge in [-0.25, -0.2) is 14.4 Å². The van der Waals surface area contributed by atoms with Crippen LogP contribution in [-0.4, -0.2) is 20.7 Å². The van der Waals surface area contributed by atoms with Crippen molar-refractivity contribution in [1.82, 2.24) is 15.0 Å². The lowest BCUT2D eigenvalue weighted by molar-refractivity contribution is 0.104. The van der Waals surface area contributed by atoms with Crippen LogP contribution in [0.15, 0.2) is 59.4 Å². The largest absolute Gasteiger partial charge is 0.454 e. The molecular weight excluding hydrogens is 444 g/mol. The van der Waals surface area contributed by atoms with Gasteiger partial charge < -0.3 is 14.1 Å². The van der Waals surface area contributed by atoms with Crippen molar-refractivity contribution in [1.29, 1.82) is 0 Å². The Morgan fingerprint density at radius 1 is 1.13 bits per heavy atom. The van der Waals surface area contributed by atoms with E-state index in [1.807, 2.05) is 0 Å². The normalized spacial score (nSPS) is 11.3. The second kappa shape index (κ2) is 7.68. The smallest absolute Gasteiger partial charge is 0.196 e. The van der Waals surface area contributed by atoms with Gasteiger partial charge in [0.1, 0.15) is 35.3 Å². The molecule has 2 aromatic carbocycles. The highest BCUT2D eigenvalue weighted by molar-refractivity contribution is 6.38. The minimum Gasteiger partial charge on any atom is -0.454 e.